The summed E-state index contributed by atoms with van der Waals surface area (Å²) < 4.78 is 4.94. The van der Waals surface area contributed by atoms with Gasteiger partial charge < -0.3 is 4.74 Å². The first-order valence-corrected chi connectivity index (χ1v) is 8.37. The fraction of sp³-hybridized carbons (Fsp3) is 0.778. The lowest BCUT2D eigenvalue weighted by Crippen LogP contribution is -2.22. The fourth-order valence-corrected chi connectivity index (χ4v) is 2.31. The van der Waals surface area contributed by atoms with Crippen LogP contribution in [-0.4, -0.2) is 18.4 Å². The van der Waals surface area contributed by atoms with Gasteiger partial charge in [0, 0.05) is 0 Å². The number of unbranched alkanes of at least 4 members (excludes halogenated alkanes) is 6. The number of carbonyl (C=O) groups excluding carboxylic acids is 2. The Bertz CT molecular complexity index is 331. The third kappa shape index (κ3) is 10.3. The van der Waals surface area contributed by atoms with Gasteiger partial charge in [0.1, 0.15) is 11.7 Å². The summed E-state index contributed by atoms with van der Waals surface area (Å²) in [5.74, 6) is -1.30. The molecule has 0 N–H and O–H groups in total. The van der Waals surface area contributed by atoms with Crippen molar-refractivity contribution < 1.29 is 14.3 Å². The van der Waals surface area contributed by atoms with Crippen molar-refractivity contribution in [3.05, 3.63) is 11.6 Å². The highest BCUT2D eigenvalue weighted by Crippen LogP contribution is 2.15. The normalized spacial score (nSPS) is 13.0. The number of allylic oxidation sites excluding steroid dienone is 1. The molecule has 0 rings (SSSR count). The van der Waals surface area contributed by atoms with E-state index >= 15 is 0 Å². The molecule has 122 valence electrons. The van der Waals surface area contributed by atoms with Crippen LogP contribution in [0.3, 0.4) is 0 Å². The maximum Gasteiger partial charge on any atom is 0.320 e. The maximum absolute atomic E-state index is 11.7. The van der Waals surface area contributed by atoms with Crippen molar-refractivity contribution in [2.75, 3.05) is 6.61 Å². The smallest absolute Gasteiger partial charge is 0.320 e. The third-order valence-corrected chi connectivity index (χ3v) is 3.60. The van der Waals surface area contributed by atoms with E-state index in [0.29, 0.717) is 6.61 Å². The largest absolute Gasteiger partial charge is 0.465 e. The Morgan fingerprint density at radius 2 is 1.52 bits per heavy atom. The second-order valence-corrected chi connectivity index (χ2v) is 5.72. The van der Waals surface area contributed by atoms with E-state index in [4.69, 9.17) is 4.74 Å². The summed E-state index contributed by atoms with van der Waals surface area (Å²) in [6.07, 6.45) is 11.6. The molecule has 1 atom stereocenters. The maximum atomic E-state index is 11.7. The molecule has 0 aliphatic carbocycles. The van der Waals surface area contributed by atoms with Crippen LogP contribution in [0.5, 0.6) is 0 Å². The first-order valence-electron chi connectivity index (χ1n) is 8.37. The molecule has 0 saturated heterocycles. The van der Waals surface area contributed by atoms with Crippen molar-refractivity contribution in [3.63, 3.8) is 0 Å². The molecule has 1 unspecified atom stereocenters. The van der Waals surface area contributed by atoms with E-state index in [-0.39, 0.29) is 5.78 Å². The number of ketones is 1. The zero-order valence-electron chi connectivity index (χ0n) is 14.2. The van der Waals surface area contributed by atoms with Crippen LogP contribution >= 0.6 is 0 Å². The van der Waals surface area contributed by atoms with Gasteiger partial charge in [-0.1, -0.05) is 57.1 Å². The van der Waals surface area contributed by atoms with Gasteiger partial charge in [-0.3, -0.25) is 9.59 Å². The van der Waals surface area contributed by atoms with Crippen LogP contribution in [-0.2, 0) is 14.3 Å². The topological polar surface area (TPSA) is 43.4 Å². The summed E-state index contributed by atoms with van der Waals surface area (Å²) >= 11 is 0. The van der Waals surface area contributed by atoms with E-state index < -0.39 is 11.9 Å². The molecule has 0 saturated carbocycles. The zero-order chi connectivity index (χ0) is 16.1. The second kappa shape index (κ2) is 12.6. The van der Waals surface area contributed by atoms with Crippen molar-refractivity contribution in [3.8, 4) is 0 Å². The van der Waals surface area contributed by atoms with Crippen molar-refractivity contribution >= 4 is 11.8 Å². The molecule has 3 nitrogen and oxygen atoms in total. The van der Waals surface area contributed by atoms with Gasteiger partial charge in [0.2, 0.25) is 0 Å². The molecule has 3 heteroatoms. The number of carbonyl (C=O) groups is 2. The number of hydrogen-bond acceptors (Lipinski definition) is 3. The van der Waals surface area contributed by atoms with Crippen LogP contribution in [0.4, 0.5) is 0 Å². The summed E-state index contributed by atoms with van der Waals surface area (Å²) in [7, 11) is 0. The summed E-state index contributed by atoms with van der Waals surface area (Å²) in [4.78, 5) is 23.2. The van der Waals surface area contributed by atoms with Gasteiger partial charge in [-0.05, 0) is 33.6 Å². The molecule has 0 aromatic carbocycles. The number of esters is 1. The van der Waals surface area contributed by atoms with E-state index in [0.717, 1.165) is 18.4 Å². The van der Waals surface area contributed by atoms with E-state index in [9.17, 15) is 9.59 Å². The first-order chi connectivity index (χ1) is 10.0. The lowest BCUT2D eigenvalue weighted by Gasteiger charge is -2.10. The molecule has 0 radical (unpaired) electrons. The molecule has 0 aliphatic heterocycles. The second-order valence-electron chi connectivity index (χ2n) is 5.72. The highest BCUT2D eigenvalue weighted by molar-refractivity contribution is 5.99. The Labute approximate surface area is 130 Å². The van der Waals surface area contributed by atoms with Gasteiger partial charge in [-0.2, -0.15) is 0 Å². The third-order valence-electron chi connectivity index (χ3n) is 3.60. The molecule has 0 amide bonds. The minimum absolute atomic E-state index is 0.146. The van der Waals surface area contributed by atoms with Crippen LogP contribution in [0.1, 0.15) is 79.1 Å². The molecule has 0 bridgehead atoms. The predicted molar refractivity (Wildman–Crippen MR) is 87.2 cm³/mol. The Balaban J connectivity index is 4.07. The van der Waals surface area contributed by atoms with Crippen molar-refractivity contribution in [2.45, 2.75) is 79.1 Å². The quantitative estimate of drug-likeness (QED) is 0.224. The SMILES string of the molecule is CCCCCCCCC/C(C)=C/C(C(C)=O)C(=O)OCC. The van der Waals surface area contributed by atoms with Crippen LogP contribution in [0.25, 0.3) is 0 Å². The molecule has 0 spiro atoms. The number of hydrogen-bond donors (Lipinski definition) is 0. The fourth-order valence-electron chi connectivity index (χ4n) is 2.31. The molecule has 0 heterocycles. The predicted octanol–water partition coefficient (Wildman–Crippen LogP) is 4.84. The van der Waals surface area contributed by atoms with E-state index in [1.165, 1.54) is 45.4 Å². The monoisotopic (exact) mass is 296 g/mol. The average molecular weight is 296 g/mol. The number of Topliss-reactive ketones (excluding diaryl/α,β-unsaturated/α-hetero) is 1. The van der Waals surface area contributed by atoms with Gasteiger partial charge in [0.25, 0.3) is 0 Å². The van der Waals surface area contributed by atoms with Crippen molar-refractivity contribution in [1.29, 1.82) is 0 Å². The van der Waals surface area contributed by atoms with Gasteiger partial charge in [0.05, 0.1) is 6.61 Å². The minimum atomic E-state index is -0.727. The summed E-state index contributed by atoms with van der Waals surface area (Å²) in [6, 6.07) is 0. The summed E-state index contributed by atoms with van der Waals surface area (Å²) in [5.41, 5.74) is 1.11. The number of rotatable bonds is 12. The zero-order valence-corrected chi connectivity index (χ0v) is 14.2. The van der Waals surface area contributed by atoms with Crippen molar-refractivity contribution in [2.24, 2.45) is 5.92 Å². The van der Waals surface area contributed by atoms with E-state index in [1.54, 1.807) is 13.0 Å². The Hall–Kier alpha value is -1.12. The standard InChI is InChI=1S/C18H32O3/c1-5-7-8-9-10-11-12-13-15(3)14-17(16(4)19)18(20)21-6-2/h14,17H,5-13H2,1-4H3/b15-14+. The number of ether oxygens (including phenoxy) is 1. The first kappa shape index (κ1) is 19.9. The van der Waals surface area contributed by atoms with Crippen LogP contribution in [0, 0.1) is 5.92 Å². The minimum Gasteiger partial charge on any atom is -0.465 e. The van der Waals surface area contributed by atoms with Gasteiger partial charge in [-0.25, -0.2) is 0 Å². The van der Waals surface area contributed by atoms with Gasteiger partial charge in [0.15, 0.2) is 0 Å². The van der Waals surface area contributed by atoms with Gasteiger partial charge >= 0.3 is 5.97 Å². The Morgan fingerprint density at radius 3 is 2.05 bits per heavy atom. The van der Waals surface area contributed by atoms with Crippen molar-refractivity contribution in [1.82, 2.24) is 0 Å². The van der Waals surface area contributed by atoms with Gasteiger partial charge in [-0.15, -0.1) is 0 Å². The molecule has 0 aromatic rings. The summed E-state index contributed by atoms with van der Waals surface area (Å²) in [6.45, 7) is 7.73. The lowest BCUT2D eigenvalue weighted by atomic mass is 9.99. The summed E-state index contributed by atoms with van der Waals surface area (Å²) in [5, 5.41) is 0. The van der Waals surface area contributed by atoms with Crippen LogP contribution in [0.15, 0.2) is 11.6 Å². The molecular weight excluding hydrogens is 264 g/mol. The molecule has 0 fully saturated rings. The molecule has 0 aromatic heterocycles. The van der Waals surface area contributed by atoms with Crippen LogP contribution < -0.4 is 0 Å². The molecule has 0 aliphatic rings. The van der Waals surface area contributed by atoms with E-state index in [1.807, 2.05) is 6.92 Å². The molecular formula is C18H32O3. The lowest BCUT2D eigenvalue weighted by molar-refractivity contribution is -0.149. The highest BCUT2D eigenvalue weighted by atomic mass is 16.5. The molecule has 21 heavy (non-hydrogen) atoms. The van der Waals surface area contributed by atoms with E-state index in [2.05, 4.69) is 6.92 Å². The Kier molecular flexibility index (Phi) is 11.9. The highest BCUT2D eigenvalue weighted by Gasteiger charge is 2.22. The van der Waals surface area contributed by atoms with Crippen LogP contribution in [0.2, 0.25) is 0 Å². The Morgan fingerprint density at radius 1 is 0.952 bits per heavy atom. The average Bonchev–Trinajstić information content (AvgIpc) is 2.43.